The lowest BCUT2D eigenvalue weighted by molar-refractivity contribution is -0.266. The van der Waals surface area contributed by atoms with Gasteiger partial charge in [-0.25, -0.2) is 4.98 Å². The molecule has 2 aromatic carbocycles. The van der Waals surface area contributed by atoms with Crippen LogP contribution in [-0.2, 0) is 18.4 Å². The first-order valence-electron chi connectivity index (χ1n) is 13.9. The van der Waals surface area contributed by atoms with Crippen LogP contribution in [0.3, 0.4) is 0 Å². The van der Waals surface area contributed by atoms with Crippen LogP contribution in [0.25, 0.3) is 22.2 Å². The first kappa shape index (κ1) is 29.1. The van der Waals surface area contributed by atoms with Crippen molar-refractivity contribution < 1.29 is 23.4 Å². The molecule has 4 aromatic rings. The Bertz CT molecular complexity index is 1490. The van der Waals surface area contributed by atoms with Gasteiger partial charge in [0.25, 0.3) is 0 Å². The largest absolute Gasteiger partial charge is 0.508 e. The van der Waals surface area contributed by atoms with Crippen molar-refractivity contribution >= 4 is 11.0 Å². The van der Waals surface area contributed by atoms with Gasteiger partial charge >= 0.3 is 6.18 Å². The van der Waals surface area contributed by atoms with Gasteiger partial charge in [0.15, 0.2) is 5.60 Å². The Morgan fingerprint density at radius 1 is 0.902 bits per heavy atom. The van der Waals surface area contributed by atoms with E-state index in [1.54, 1.807) is 32.0 Å². The highest BCUT2D eigenvalue weighted by Gasteiger charge is 2.56. The van der Waals surface area contributed by atoms with Crippen LogP contribution in [-0.4, -0.2) is 75.0 Å². The molecule has 1 atom stereocenters. The Balaban J connectivity index is 1.39. The number of hydrogen-bond acceptors (Lipinski definition) is 5. The van der Waals surface area contributed by atoms with Crippen molar-refractivity contribution in [2.45, 2.75) is 50.4 Å². The molecule has 1 aliphatic rings. The van der Waals surface area contributed by atoms with Crippen molar-refractivity contribution in [3.63, 3.8) is 0 Å². The standard InChI is InChI=1S/C32H37F3N4O2/c1-30(2,26-17-23(9-12-29(26)40)22-7-5-4-6-8-22)21-31(41,32(33,34)35)19-25-18-28-27(37-25)11-10-24(36-28)20-39-15-13-38(3)14-16-39/h4-12,17-18,37,40-41H,13-16,19-21H2,1-3H3. The Morgan fingerprint density at radius 3 is 2.29 bits per heavy atom. The SMILES string of the molecule is CN1CCN(Cc2ccc3[nH]c(CC(O)(CC(C)(C)c4cc(-c5ccccc5)ccc4O)C(F)(F)F)cc3n2)CC1. The molecule has 1 aliphatic heterocycles. The molecule has 5 rings (SSSR count). The summed E-state index contributed by atoms with van der Waals surface area (Å²) in [5.41, 5.74) is 0.0463. The Kier molecular flexibility index (Phi) is 7.89. The third-order valence-electron chi connectivity index (χ3n) is 8.15. The number of nitrogens with one attached hydrogen (secondary N) is 1. The van der Waals surface area contributed by atoms with Crippen LogP contribution in [0.1, 0.15) is 37.2 Å². The van der Waals surface area contributed by atoms with Crippen molar-refractivity contribution in [1.29, 1.82) is 0 Å². The molecule has 6 nitrogen and oxygen atoms in total. The summed E-state index contributed by atoms with van der Waals surface area (Å²) in [5.74, 6) is -0.109. The van der Waals surface area contributed by atoms with Gasteiger partial charge in [-0.2, -0.15) is 13.2 Å². The van der Waals surface area contributed by atoms with Gasteiger partial charge in [-0.05, 0) is 60.3 Å². The molecule has 0 amide bonds. The number of aliphatic hydroxyl groups is 1. The number of phenolic OH excluding ortho intramolecular Hbond substituents is 1. The zero-order chi connectivity index (χ0) is 29.4. The van der Waals surface area contributed by atoms with Crippen molar-refractivity contribution in [3.05, 3.63) is 83.7 Å². The summed E-state index contributed by atoms with van der Waals surface area (Å²) in [6, 6.07) is 19.7. The number of fused-ring (bicyclic) bond motifs is 1. The molecular formula is C32H37F3N4O2. The predicted molar refractivity (Wildman–Crippen MR) is 155 cm³/mol. The van der Waals surface area contributed by atoms with E-state index in [-0.39, 0.29) is 11.4 Å². The number of nitrogens with zero attached hydrogens (tertiary/aromatic N) is 3. The first-order chi connectivity index (χ1) is 19.3. The van der Waals surface area contributed by atoms with Crippen molar-refractivity contribution in [3.8, 4) is 16.9 Å². The predicted octanol–water partition coefficient (Wildman–Crippen LogP) is 5.89. The van der Waals surface area contributed by atoms with E-state index >= 15 is 0 Å². The van der Waals surface area contributed by atoms with E-state index in [1.807, 2.05) is 42.5 Å². The van der Waals surface area contributed by atoms with Crippen LogP contribution in [0.2, 0.25) is 0 Å². The molecule has 1 fully saturated rings. The Labute approximate surface area is 238 Å². The average Bonchev–Trinajstić information content (AvgIpc) is 3.31. The maximum Gasteiger partial charge on any atom is 0.417 e. The summed E-state index contributed by atoms with van der Waals surface area (Å²) in [5, 5.41) is 21.9. The zero-order valence-electron chi connectivity index (χ0n) is 23.7. The molecule has 0 aliphatic carbocycles. The lowest BCUT2D eigenvalue weighted by Gasteiger charge is -2.38. The van der Waals surface area contributed by atoms with Gasteiger partial charge in [0, 0.05) is 50.4 Å². The van der Waals surface area contributed by atoms with Crippen LogP contribution in [0.4, 0.5) is 13.2 Å². The summed E-state index contributed by atoms with van der Waals surface area (Å²) in [6.07, 6.45) is -6.22. The molecule has 218 valence electrons. The number of aromatic amines is 1. The van der Waals surface area contributed by atoms with E-state index in [0.29, 0.717) is 23.1 Å². The number of aromatic hydroxyl groups is 1. The average molecular weight is 567 g/mol. The minimum Gasteiger partial charge on any atom is -0.508 e. The number of H-pyrrole nitrogens is 1. The number of aromatic nitrogens is 2. The fourth-order valence-corrected chi connectivity index (χ4v) is 5.82. The number of halogens is 3. The number of hydrogen-bond donors (Lipinski definition) is 3. The Hall–Kier alpha value is -3.40. The summed E-state index contributed by atoms with van der Waals surface area (Å²) in [6.45, 7) is 7.75. The van der Waals surface area contributed by atoms with E-state index in [9.17, 15) is 23.4 Å². The number of likely N-dealkylation sites (N-methyl/N-ethyl adjacent to an activating group) is 1. The molecule has 0 saturated carbocycles. The van der Waals surface area contributed by atoms with E-state index in [2.05, 4.69) is 21.8 Å². The van der Waals surface area contributed by atoms with Crippen molar-refractivity contribution in [1.82, 2.24) is 19.8 Å². The Morgan fingerprint density at radius 2 is 1.61 bits per heavy atom. The minimum absolute atomic E-state index is 0.109. The highest BCUT2D eigenvalue weighted by atomic mass is 19.4. The minimum atomic E-state index is -4.91. The normalized spacial score (nSPS) is 17.1. The number of benzene rings is 2. The van der Waals surface area contributed by atoms with Crippen LogP contribution in [0.5, 0.6) is 5.75 Å². The molecule has 3 heterocycles. The number of phenols is 1. The third-order valence-corrected chi connectivity index (χ3v) is 8.15. The fraction of sp³-hybridized carbons (Fsp3) is 0.406. The summed E-state index contributed by atoms with van der Waals surface area (Å²) in [7, 11) is 2.09. The topological polar surface area (TPSA) is 75.6 Å². The van der Waals surface area contributed by atoms with Gasteiger partial charge in [-0.3, -0.25) is 4.90 Å². The fourth-order valence-electron chi connectivity index (χ4n) is 5.82. The van der Waals surface area contributed by atoms with Gasteiger partial charge in [-0.15, -0.1) is 0 Å². The molecule has 41 heavy (non-hydrogen) atoms. The van der Waals surface area contributed by atoms with Gasteiger partial charge < -0.3 is 20.1 Å². The first-order valence-corrected chi connectivity index (χ1v) is 13.9. The van der Waals surface area contributed by atoms with Crippen molar-refractivity contribution in [2.24, 2.45) is 0 Å². The number of alkyl halides is 3. The zero-order valence-corrected chi connectivity index (χ0v) is 23.7. The van der Waals surface area contributed by atoms with Crippen LogP contribution >= 0.6 is 0 Å². The lowest BCUT2D eigenvalue weighted by atomic mass is 9.72. The van der Waals surface area contributed by atoms with Gasteiger partial charge in [0.2, 0.25) is 0 Å². The quantitative estimate of drug-likeness (QED) is 0.248. The van der Waals surface area contributed by atoms with Crippen LogP contribution in [0.15, 0.2) is 66.7 Å². The second-order valence-corrected chi connectivity index (χ2v) is 12.0. The number of piperazine rings is 1. The molecule has 1 saturated heterocycles. The molecule has 9 heteroatoms. The van der Waals surface area contributed by atoms with Gasteiger partial charge in [0.05, 0.1) is 16.7 Å². The monoisotopic (exact) mass is 566 g/mol. The number of pyridine rings is 1. The summed E-state index contributed by atoms with van der Waals surface area (Å²) in [4.78, 5) is 12.3. The molecule has 0 radical (unpaired) electrons. The molecular weight excluding hydrogens is 529 g/mol. The van der Waals surface area contributed by atoms with E-state index < -0.39 is 30.0 Å². The highest BCUT2D eigenvalue weighted by Crippen LogP contribution is 2.45. The summed E-state index contributed by atoms with van der Waals surface area (Å²) >= 11 is 0. The molecule has 3 N–H and O–H groups in total. The molecule has 1 unspecified atom stereocenters. The molecule has 2 aromatic heterocycles. The number of rotatable bonds is 8. The van der Waals surface area contributed by atoms with Gasteiger partial charge in [-0.1, -0.05) is 50.2 Å². The van der Waals surface area contributed by atoms with Crippen LogP contribution in [0, 0.1) is 0 Å². The van der Waals surface area contributed by atoms with Crippen molar-refractivity contribution in [2.75, 3.05) is 33.2 Å². The highest BCUT2D eigenvalue weighted by molar-refractivity contribution is 5.76. The van der Waals surface area contributed by atoms with E-state index in [1.165, 1.54) is 6.07 Å². The maximum absolute atomic E-state index is 14.5. The van der Waals surface area contributed by atoms with Crippen LogP contribution < -0.4 is 0 Å². The van der Waals surface area contributed by atoms with Gasteiger partial charge in [0.1, 0.15) is 5.75 Å². The third kappa shape index (κ3) is 6.42. The maximum atomic E-state index is 14.5. The molecule has 0 bridgehead atoms. The smallest absolute Gasteiger partial charge is 0.417 e. The second-order valence-electron chi connectivity index (χ2n) is 12.0. The molecule has 0 spiro atoms. The van der Waals surface area contributed by atoms with E-state index in [0.717, 1.165) is 43.0 Å². The lowest BCUT2D eigenvalue weighted by Crippen LogP contribution is -2.50. The second kappa shape index (κ2) is 11.1. The summed E-state index contributed by atoms with van der Waals surface area (Å²) < 4.78 is 43.6. The van der Waals surface area contributed by atoms with E-state index in [4.69, 9.17) is 4.98 Å².